The minimum atomic E-state index is -0.169. The first-order chi connectivity index (χ1) is 7.63. The molecule has 0 radical (unpaired) electrons. The van der Waals surface area contributed by atoms with Crippen LogP contribution in [0.15, 0.2) is 17.8 Å². The van der Waals surface area contributed by atoms with Gasteiger partial charge in [0.05, 0.1) is 17.6 Å². The molecule has 0 aromatic carbocycles. The Morgan fingerprint density at radius 1 is 1.69 bits per heavy atom. The number of aromatic nitrogens is 3. The van der Waals surface area contributed by atoms with Gasteiger partial charge in [-0.15, -0.1) is 11.3 Å². The smallest absolute Gasteiger partial charge is 0.247 e. The number of rotatable bonds is 3. The number of thiazole rings is 1. The number of nitrogen functional groups attached to an aromatic ring is 1. The minimum absolute atomic E-state index is 0.135. The highest BCUT2D eigenvalue weighted by atomic mass is 32.1. The summed E-state index contributed by atoms with van der Waals surface area (Å²) >= 11 is 1.40. The van der Waals surface area contributed by atoms with Crippen LogP contribution in [0.3, 0.4) is 0 Å². The largest absolute Gasteiger partial charge is 0.396 e. The zero-order chi connectivity index (χ0) is 11.5. The molecule has 3 N–H and O–H groups in total. The fourth-order valence-corrected chi connectivity index (χ4v) is 1.89. The van der Waals surface area contributed by atoms with Crippen LogP contribution in [0, 0.1) is 6.92 Å². The standard InChI is InChI=1S/C9H11N5OS/c1-6-5-16-9(12-6)13-8(15)4-14-3-7(10)2-11-14/h2-3,5H,4,10H2,1H3,(H,12,13,15). The van der Waals surface area contributed by atoms with Crippen molar-refractivity contribution in [2.45, 2.75) is 13.5 Å². The normalized spacial score (nSPS) is 10.3. The van der Waals surface area contributed by atoms with Crippen LogP contribution >= 0.6 is 11.3 Å². The van der Waals surface area contributed by atoms with Crippen LogP contribution in [0.4, 0.5) is 10.8 Å². The average Bonchev–Trinajstić information content (AvgIpc) is 2.76. The van der Waals surface area contributed by atoms with E-state index in [9.17, 15) is 4.79 Å². The van der Waals surface area contributed by atoms with Gasteiger partial charge in [-0.1, -0.05) is 0 Å². The van der Waals surface area contributed by atoms with Gasteiger partial charge in [-0.2, -0.15) is 5.10 Å². The number of amides is 1. The average molecular weight is 237 g/mol. The summed E-state index contributed by atoms with van der Waals surface area (Å²) < 4.78 is 1.48. The summed E-state index contributed by atoms with van der Waals surface area (Å²) in [5, 5.41) is 9.08. The summed E-state index contributed by atoms with van der Waals surface area (Å²) in [6, 6.07) is 0. The molecule has 2 rings (SSSR count). The third kappa shape index (κ3) is 2.57. The van der Waals surface area contributed by atoms with Crippen molar-refractivity contribution in [1.82, 2.24) is 14.8 Å². The molecule has 84 valence electrons. The van der Waals surface area contributed by atoms with Gasteiger partial charge in [-0.05, 0) is 6.92 Å². The maximum Gasteiger partial charge on any atom is 0.247 e. The Kier molecular flexibility index (Phi) is 2.86. The number of carbonyl (C=O) groups is 1. The second-order valence-electron chi connectivity index (χ2n) is 3.31. The summed E-state index contributed by atoms with van der Waals surface area (Å²) in [6.07, 6.45) is 3.10. The number of nitrogens with two attached hydrogens (primary N) is 1. The van der Waals surface area contributed by atoms with Gasteiger partial charge in [-0.25, -0.2) is 4.98 Å². The molecule has 0 spiro atoms. The quantitative estimate of drug-likeness (QED) is 0.829. The molecule has 2 aromatic rings. The summed E-state index contributed by atoms with van der Waals surface area (Å²) in [4.78, 5) is 15.7. The van der Waals surface area contributed by atoms with Crippen molar-refractivity contribution in [3.05, 3.63) is 23.5 Å². The molecule has 0 atom stereocenters. The first-order valence-electron chi connectivity index (χ1n) is 4.63. The van der Waals surface area contributed by atoms with E-state index in [4.69, 9.17) is 5.73 Å². The molecule has 0 aliphatic rings. The number of hydrogen-bond donors (Lipinski definition) is 2. The van der Waals surface area contributed by atoms with E-state index in [-0.39, 0.29) is 12.5 Å². The van der Waals surface area contributed by atoms with Crippen LogP contribution in [0.2, 0.25) is 0 Å². The van der Waals surface area contributed by atoms with Crippen molar-refractivity contribution in [2.75, 3.05) is 11.1 Å². The Morgan fingerprint density at radius 3 is 3.06 bits per heavy atom. The van der Waals surface area contributed by atoms with Gasteiger partial charge >= 0.3 is 0 Å². The van der Waals surface area contributed by atoms with E-state index in [0.717, 1.165) is 5.69 Å². The number of hydrogen-bond acceptors (Lipinski definition) is 5. The van der Waals surface area contributed by atoms with Crippen LogP contribution in [0.5, 0.6) is 0 Å². The lowest BCUT2D eigenvalue weighted by molar-refractivity contribution is -0.116. The van der Waals surface area contributed by atoms with Crippen molar-refractivity contribution >= 4 is 28.1 Å². The first-order valence-corrected chi connectivity index (χ1v) is 5.51. The van der Waals surface area contributed by atoms with E-state index < -0.39 is 0 Å². The molecular weight excluding hydrogens is 226 g/mol. The molecule has 0 bridgehead atoms. The molecule has 0 aliphatic heterocycles. The van der Waals surface area contributed by atoms with Crippen molar-refractivity contribution in [2.24, 2.45) is 0 Å². The molecule has 2 aromatic heterocycles. The maximum atomic E-state index is 11.6. The lowest BCUT2D eigenvalue weighted by Gasteiger charge is -2.01. The summed E-state index contributed by atoms with van der Waals surface area (Å²) in [5.41, 5.74) is 6.92. The molecule has 0 saturated carbocycles. The zero-order valence-electron chi connectivity index (χ0n) is 8.67. The Labute approximate surface area is 96.1 Å². The Bertz CT molecular complexity index is 459. The van der Waals surface area contributed by atoms with Crippen molar-refractivity contribution in [1.29, 1.82) is 0 Å². The van der Waals surface area contributed by atoms with Gasteiger partial charge in [-0.3, -0.25) is 9.48 Å². The van der Waals surface area contributed by atoms with Crippen LogP contribution in [-0.4, -0.2) is 20.7 Å². The highest BCUT2D eigenvalue weighted by molar-refractivity contribution is 7.13. The lowest BCUT2D eigenvalue weighted by atomic mass is 10.5. The van der Waals surface area contributed by atoms with Gasteiger partial charge in [0.15, 0.2) is 5.13 Å². The lowest BCUT2D eigenvalue weighted by Crippen LogP contribution is -2.18. The molecule has 0 unspecified atom stereocenters. The number of nitrogens with zero attached hydrogens (tertiary/aromatic N) is 3. The predicted octanol–water partition coefficient (Wildman–Crippen LogP) is 0.869. The topological polar surface area (TPSA) is 85.8 Å². The molecule has 0 aliphatic carbocycles. The summed E-state index contributed by atoms with van der Waals surface area (Å²) in [6.45, 7) is 2.01. The Hall–Kier alpha value is -1.89. The summed E-state index contributed by atoms with van der Waals surface area (Å²) in [5.74, 6) is -0.169. The number of nitrogens with one attached hydrogen (secondary N) is 1. The molecule has 1 amide bonds. The number of carbonyl (C=O) groups excluding carboxylic acids is 1. The predicted molar refractivity (Wildman–Crippen MR) is 62.1 cm³/mol. The van der Waals surface area contributed by atoms with E-state index >= 15 is 0 Å². The Morgan fingerprint density at radius 2 is 2.50 bits per heavy atom. The van der Waals surface area contributed by atoms with Gasteiger partial charge in [0.25, 0.3) is 0 Å². The molecule has 2 heterocycles. The van der Waals surface area contributed by atoms with Crippen LogP contribution in [0.25, 0.3) is 0 Å². The van der Waals surface area contributed by atoms with E-state index in [0.29, 0.717) is 10.8 Å². The van der Waals surface area contributed by atoms with Crippen LogP contribution in [-0.2, 0) is 11.3 Å². The van der Waals surface area contributed by atoms with Crippen molar-refractivity contribution in [3.8, 4) is 0 Å². The molecule has 0 saturated heterocycles. The van der Waals surface area contributed by atoms with E-state index in [1.807, 2.05) is 12.3 Å². The third-order valence-electron chi connectivity index (χ3n) is 1.82. The fraction of sp³-hybridized carbons (Fsp3) is 0.222. The SMILES string of the molecule is Cc1csc(NC(=O)Cn2cc(N)cn2)n1. The van der Waals surface area contributed by atoms with Crippen LogP contribution < -0.4 is 11.1 Å². The highest BCUT2D eigenvalue weighted by Crippen LogP contribution is 2.14. The van der Waals surface area contributed by atoms with Crippen molar-refractivity contribution < 1.29 is 4.79 Å². The second kappa shape index (κ2) is 4.31. The summed E-state index contributed by atoms with van der Waals surface area (Å²) in [7, 11) is 0. The van der Waals surface area contributed by atoms with Gasteiger partial charge in [0.1, 0.15) is 6.54 Å². The molecular formula is C9H11N5OS. The zero-order valence-corrected chi connectivity index (χ0v) is 9.49. The van der Waals surface area contributed by atoms with Gasteiger partial charge in [0.2, 0.25) is 5.91 Å². The van der Waals surface area contributed by atoms with Gasteiger partial charge in [0, 0.05) is 11.6 Å². The fourth-order valence-electron chi connectivity index (χ4n) is 1.18. The molecule has 16 heavy (non-hydrogen) atoms. The minimum Gasteiger partial charge on any atom is -0.396 e. The van der Waals surface area contributed by atoms with E-state index in [1.165, 1.54) is 22.2 Å². The second-order valence-corrected chi connectivity index (χ2v) is 4.17. The monoisotopic (exact) mass is 237 g/mol. The van der Waals surface area contributed by atoms with Crippen molar-refractivity contribution in [3.63, 3.8) is 0 Å². The first kappa shape index (κ1) is 10.6. The Balaban J connectivity index is 1.94. The maximum absolute atomic E-state index is 11.6. The van der Waals surface area contributed by atoms with Crippen LogP contribution in [0.1, 0.15) is 5.69 Å². The molecule has 7 heteroatoms. The number of anilines is 2. The van der Waals surface area contributed by atoms with E-state index in [2.05, 4.69) is 15.4 Å². The van der Waals surface area contributed by atoms with Gasteiger partial charge < -0.3 is 11.1 Å². The third-order valence-corrected chi connectivity index (χ3v) is 2.70. The highest BCUT2D eigenvalue weighted by Gasteiger charge is 2.06. The molecule has 6 nitrogen and oxygen atoms in total. The number of aryl methyl sites for hydroxylation is 1. The van der Waals surface area contributed by atoms with E-state index in [1.54, 1.807) is 6.20 Å². The molecule has 0 fully saturated rings.